The first kappa shape index (κ1) is 16.0. The zero-order valence-corrected chi connectivity index (χ0v) is 14.6. The fourth-order valence-electron chi connectivity index (χ4n) is 2.45. The van der Waals surface area contributed by atoms with Crippen molar-refractivity contribution in [1.29, 1.82) is 0 Å². The molecule has 2 rings (SSSR count). The number of benzene rings is 1. The number of aromatic nitrogens is 2. The predicted molar refractivity (Wildman–Crippen MR) is 88.8 cm³/mol. The lowest BCUT2D eigenvalue weighted by Crippen LogP contribution is -2.23. The number of hydrogen-bond donors (Lipinski definition) is 1. The molecule has 1 unspecified atom stereocenters. The molecule has 0 spiro atoms. The summed E-state index contributed by atoms with van der Waals surface area (Å²) >= 11 is 3.63. The van der Waals surface area contributed by atoms with Crippen LogP contribution in [0.15, 0.2) is 28.9 Å². The van der Waals surface area contributed by atoms with Crippen molar-refractivity contribution in [3.63, 3.8) is 0 Å². The monoisotopic (exact) mass is 351 g/mol. The highest BCUT2D eigenvalue weighted by Gasteiger charge is 2.18. The van der Waals surface area contributed by atoms with Gasteiger partial charge < -0.3 is 10.1 Å². The number of nitrogens with one attached hydrogen (secondary N) is 1. The van der Waals surface area contributed by atoms with Gasteiger partial charge in [0.2, 0.25) is 0 Å². The molecule has 0 saturated heterocycles. The highest BCUT2D eigenvalue weighted by atomic mass is 79.9. The third kappa shape index (κ3) is 3.66. The van der Waals surface area contributed by atoms with Crippen molar-refractivity contribution in [2.45, 2.75) is 26.3 Å². The summed E-state index contributed by atoms with van der Waals surface area (Å²) in [7, 11) is 3.67. The van der Waals surface area contributed by atoms with E-state index in [0.29, 0.717) is 0 Å². The van der Waals surface area contributed by atoms with Gasteiger partial charge in [-0.15, -0.1) is 0 Å². The Bertz CT molecular complexity index is 610. The van der Waals surface area contributed by atoms with Crippen molar-refractivity contribution in [2.75, 3.05) is 13.7 Å². The second kappa shape index (κ2) is 7.09. The lowest BCUT2D eigenvalue weighted by atomic mass is 9.99. The number of halogens is 1. The summed E-state index contributed by atoms with van der Waals surface area (Å²) < 4.78 is 8.35. The van der Waals surface area contributed by atoms with E-state index < -0.39 is 0 Å². The molecule has 1 heterocycles. The summed E-state index contributed by atoms with van der Waals surface area (Å²) in [4.78, 5) is 0. The maximum absolute atomic E-state index is 5.33. The average Bonchev–Trinajstić information content (AvgIpc) is 2.81. The molecule has 1 aromatic carbocycles. The van der Waals surface area contributed by atoms with Gasteiger partial charge in [0.25, 0.3) is 0 Å². The van der Waals surface area contributed by atoms with E-state index in [4.69, 9.17) is 4.74 Å². The standard InChI is InChI=1S/C16H22BrN3O/c1-5-18-16(14-10-19-20(3)11(14)2)9-12-8-13(21-4)6-7-15(12)17/h6-8,10,16,18H,5,9H2,1-4H3. The average molecular weight is 352 g/mol. The predicted octanol–water partition coefficient (Wildman–Crippen LogP) is 3.39. The van der Waals surface area contributed by atoms with Gasteiger partial charge >= 0.3 is 0 Å². The quantitative estimate of drug-likeness (QED) is 0.866. The van der Waals surface area contributed by atoms with Gasteiger partial charge in [-0.2, -0.15) is 5.10 Å². The highest BCUT2D eigenvalue weighted by molar-refractivity contribution is 9.10. The fraction of sp³-hybridized carbons (Fsp3) is 0.438. The van der Waals surface area contributed by atoms with Crippen molar-refractivity contribution < 1.29 is 4.74 Å². The zero-order chi connectivity index (χ0) is 15.4. The molecule has 0 aliphatic heterocycles. The fourth-order valence-corrected chi connectivity index (χ4v) is 2.86. The summed E-state index contributed by atoms with van der Waals surface area (Å²) in [6.45, 7) is 5.15. The third-order valence-electron chi connectivity index (χ3n) is 3.78. The van der Waals surface area contributed by atoms with Crippen LogP contribution in [0.4, 0.5) is 0 Å². The van der Waals surface area contributed by atoms with Gasteiger partial charge in [-0.05, 0) is 43.7 Å². The van der Waals surface area contributed by atoms with Crippen LogP contribution in [-0.2, 0) is 13.5 Å². The number of aryl methyl sites for hydroxylation is 1. The molecule has 0 aliphatic carbocycles. The van der Waals surface area contributed by atoms with E-state index in [1.54, 1.807) is 7.11 Å². The number of nitrogens with zero attached hydrogens (tertiary/aromatic N) is 2. The second-order valence-electron chi connectivity index (χ2n) is 5.08. The maximum Gasteiger partial charge on any atom is 0.119 e. The minimum absolute atomic E-state index is 0.243. The van der Waals surface area contributed by atoms with Gasteiger partial charge in [-0.1, -0.05) is 22.9 Å². The first-order valence-electron chi connectivity index (χ1n) is 7.11. The Hall–Kier alpha value is -1.33. The summed E-state index contributed by atoms with van der Waals surface area (Å²) in [6, 6.07) is 6.32. The van der Waals surface area contributed by atoms with Crippen LogP contribution >= 0.6 is 15.9 Å². The maximum atomic E-state index is 5.33. The Morgan fingerprint density at radius 3 is 2.76 bits per heavy atom. The normalized spacial score (nSPS) is 12.4. The molecule has 5 heteroatoms. The molecule has 4 nitrogen and oxygen atoms in total. The number of likely N-dealkylation sites (N-methyl/N-ethyl adjacent to an activating group) is 1. The molecule has 0 bridgehead atoms. The van der Waals surface area contributed by atoms with E-state index in [1.165, 1.54) is 16.8 Å². The minimum Gasteiger partial charge on any atom is -0.497 e. The van der Waals surface area contributed by atoms with E-state index in [9.17, 15) is 0 Å². The van der Waals surface area contributed by atoms with Crippen LogP contribution in [0.25, 0.3) is 0 Å². The van der Waals surface area contributed by atoms with Crippen LogP contribution in [0.1, 0.15) is 29.8 Å². The lowest BCUT2D eigenvalue weighted by Gasteiger charge is -2.19. The molecule has 0 aliphatic rings. The topological polar surface area (TPSA) is 39.1 Å². The van der Waals surface area contributed by atoms with E-state index in [0.717, 1.165) is 23.2 Å². The number of hydrogen-bond acceptors (Lipinski definition) is 3. The molecule has 0 fully saturated rings. The molecule has 21 heavy (non-hydrogen) atoms. The Labute approximate surface area is 134 Å². The van der Waals surface area contributed by atoms with Crippen molar-refractivity contribution in [2.24, 2.45) is 7.05 Å². The first-order chi connectivity index (χ1) is 10.1. The number of rotatable bonds is 6. The van der Waals surface area contributed by atoms with Gasteiger partial charge in [0.1, 0.15) is 5.75 Å². The summed E-state index contributed by atoms with van der Waals surface area (Å²) in [5.74, 6) is 0.881. The van der Waals surface area contributed by atoms with Crippen molar-refractivity contribution in [3.05, 3.63) is 45.7 Å². The van der Waals surface area contributed by atoms with Gasteiger partial charge in [-0.3, -0.25) is 4.68 Å². The van der Waals surface area contributed by atoms with Crippen LogP contribution in [-0.4, -0.2) is 23.4 Å². The van der Waals surface area contributed by atoms with Crippen molar-refractivity contribution in [3.8, 4) is 5.75 Å². The van der Waals surface area contributed by atoms with Gasteiger partial charge in [0, 0.05) is 28.8 Å². The molecular weight excluding hydrogens is 330 g/mol. The van der Waals surface area contributed by atoms with Crippen LogP contribution < -0.4 is 10.1 Å². The number of ether oxygens (including phenoxy) is 1. The summed E-state index contributed by atoms with van der Waals surface area (Å²) in [5, 5.41) is 7.91. The number of methoxy groups -OCH3 is 1. The van der Waals surface area contributed by atoms with Crippen molar-refractivity contribution in [1.82, 2.24) is 15.1 Å². The van der Waals surface area contributed by atoms with Crippen LogP contribution in [0.2, 0.25) is 0 Å². The molecule has 1 atom stereocenters. The minimum atomic E-state index is 0.243. The van der Waals surface area contributed by atoms with E-state index in [-0.39, 0.29) is 6.04 Å². The molecule has 0 radical (unpaired) electrons. The molecular formula is C16H22BrN3O. The van der Waals surface area contributed by atoms with E-state index in [1.807, 2.05) is 30.1 Å². The molecule has 0 saturated carbocycles. The molecule has 1 N–H and O–H groups in total. The Kier molecular flexibility index (Phi) is 5.42. The summed E-state index contributed by atoms with van der Waals surface area (Å²) in [6.07, 6.45) is 2.84. The first-order valence-corrected chi connectivity index (χ1v) is 7.90. The summed E-state index contributed by atoms with van der Waals surface area (Å²) in [5.41, 5.74) is 3.66. The van der Waals surface area contributed by atoms with E-state index >= 15 is 0 Å². The molecule has 2 aromatic rings. The molecule has 114 valence electrons. The van der Waals surface area contributed by atoms with E-state index in [2.05, 4.69) is 46.3 Å². The highest BCUT2D eigenvalue weighted by Crippen LogP contribution is 2.28. The van der Waals surface area contributed by atoms with Crippen LogP contribution in [0.3, 0.4) is 0 Å². The van der Waals surface area contributed by atoms with Crippen LogP contribution in [0, 0.1) is 6.92 Å². The largest absolute Gasteiger partial charge is 0.497 e. The van der Waals surface area contributed by atoms with Gasteiger partial charge in [0.15, 0.2) is 0 Å². The Morgan fingerprint density at radius 2 is 2.19 bits per heavy atom. The Balaban J connectivity index is 2.30. The molecule has 1 aromatic heterocycles. The van der Waals surface area contributed by atoms with Crippen molar-refractivity contribution >= 4 is 15.9 Å². The molecule has 0 amide bonds. The zero-order valence-electron chi connectivity index (χ0n) is 13.0. The second-order valence-corrected chi connectivity index (χ2v) is 5.93. The smallest absolute Gasteiger partial charge is 0.119 e. The lowest BCUT2D eigenvalue weighted by molar-refractivity contribution is 0.413. The third-order valence-corrected chi connectivity index (χ3v) is 4.55. The van der Waals surface area contributed by atoms with Crippen LogP contribution in [0.5, 0.6) is 5.75 Å². The van der Waals surface area contributed by atoms with Gasteiger partial charge in [0.05, 0.1) is 13.3 Å². The van der Waals surface area contributed by atoms with Gasteiger partial charge in [-0.25, -0.2) is 0 Å². The SMILES string of the molecule is CCNC(Cc1cc(OC)ccc1Br)c1cnn(C)c1C. The Morgan fingerprint density at radius 1 is 1.43 bits per heavy atom.